The van der Waals surface area contributed by atoms with E-state index in [0.717, 1.165) is 23.0 Å². The summed E-state index contributed by atoms with van der Waals surface area (Å²) in [4.78, 5) is 17.4. The molecule has 0 saturated heterocycles. The standard InChI is InChI=1S/C23H21NO4/c1-3-27-23-20(22(25)26-2)19-16-11-7-8-12-17(16)24-18(21(19)28-23)14-13-15-9-5-4-6-10-15/h4-12H,3,13-14H2,1-2H3. The maximum atomic E-state index is 12.5. The molecular weight excluding hydrogens is 354 g/mol. The van der Waals surface area contributed by atoms with Crippen LogP contribution in [0.3, 0.4) is 0 Å². The fourth-order valence-electron chi connectivity index (χ4n) is 3.45. The Balaban J connectivity index is 1.92. The maximum absolute atomic E-state index is 12.5. The predicted molar refractivity (Wildman–Crippen MR) is 108 cm³/mol. The van der Waals surface area contributed by atoms with Crippen LogP contribution in [0.25, 0.3) is 21.9 Å². The van der Waals surface area contributed by atoms with Crippen molar-refractivity contribution in [3.8, 4) is 5.95 Å². The minimum absolute atomic E-state index is 0.184. The number of pyridine rings is 1. The number of rotatable bonds is 6. The van der Waals surface area contributed by atoms with Crippen LogP contribution in [0.4, 0.5) is 0 Å². The summed E-state index contributed by atoms with van der Waals surface area (Å²) >= 11 is 0. The first-order valence-corrected chi connectivity index (χ1v) is 9.32. The third kappa shape index (κ3) is 3.20. The number of aryl methyl sites for hydroxylation is 2. The number of methoxy groups -OCH3 is 1. The quantitative estimate of drug-likeness (QED) is 0.446. The first-order chi connectivity index (χ1) is 13.7. The Bertz CT molecular complexity index is 1130. The average Bonchev–Trinajstić information content (AvgIpc) is 3.12. The molecule has 2 heterocycles. The summed E-state index contributed by atoms with van der Waals surface area (Å²) in [6.07, 6.45) is 1.50. The van der Waals surface area contributed by atoms with E-state index >= 15 is 0 Å². The van der Waals surface area contributed by atoms with Gasteiger partial charge in [0.15, 0.2) is 11.1 Å². The van der Waals surface area contributed by atoms with Crippen LogP contribution in [0.15, 0.2) is 59.0 Å². The summed E-state index contributed by atoms with van der Waals surface area (Å²) in [5.41, 5.74) is 3.73. The second-order valence-corrected chi connectivity index (χ2v) is 6.45. The second kappa shape index (κ2) is 7.72. The van der Waals surface area contributed by atoms with Crippen molar-refractivity contribution < 1.29 is 18.7 Å². The third-order valence-electron chi connectivity index (χ3n) is 4.73. The number of fused-ring (bicyclic) bond motifs is 3. The maximum Gasteiger partial charge on any atom is 0.345 e. The number of hydrogen-bond acceptors (Lipinski definition) is 5. The Morgan fingerprint density at radius 1 is 1.04 bits per heavy atom. The molecule has 0 fully saturated rings. The SMILES string of the molecule is CCOc1oc2c(CCc3ccccc3)nc3ccccc3c2c1C(=O)OC. The van der Waals surface area contributed by atoms with Gasteiger partial charge in [0.05, 0.1) is 30.3 Å². The Morgan fingerprint density at radius 3 is 2.54 bits per heavy atom. The number of furan rings is 1. The molecule has 28 heavy (non-hydrogen) atoms. The molecule has 4 aromatic rings. The van der Waals surface area contributed by atoms with Gasteiger partial charge in [0, 0.05) is 5.39 Å². The Kier molecular flexibility index (Phi) is 4.98. The summed E-state index contributed by atoms with van der Waals surface area (Å²) < 4.78 is 16.6. The van der Waals surface area contributed by atoms with Gasteiger partial charge >= 0.3 is 11.9 Å². The van der Waals surface area contributed by atoms with Gasteiger partial charge in [-0.25, -0.2) is 9.78 Å². The summed E-state index contributed by atoms with van der Waals surface area (Å²) in [5, 5.41) is 1.54. The van der Waals surface area contributed by atoms with E-state index in [4.69, 9.17) is 18.9 Å². The van der Waals surface area contributed by atoms with Gasteiger partial charge in [-0.3, -0.25) is 0 Å². The van der Waals surface area contributed by atoms with Crippen LogP contribution in [0.1, 0.15) is 28.5 Å². The van der Waals surface area contributed by atoms with Crippen molar-refractivity contribution in [3.63, 3.8) is 0 Å². The van der Waals surface area contributed by atoms with Crippen LogP contribution in [-0.2, 0) is 17.6 Å². The lowest BCUT2D eigenvalue weighted by Gasteiger charge is -2.06. The second-order valence-electron chi connectivity index (χ2n) is 6.45. The molecule has 0 aliphatic rings. The first kappa shape index (κ1) is 18.0. The number of nitrogens with zero attached hydrogens (tertiary/aromatic N) is 1. The molecule has 0 aliphatic carbocycles. The summed E-state index contributed by atoms with van der Waals surface area (Å²) in [5.74, 6) is -0.295. The van der Waals surface area contributed by atoms with Crippen LogP contribution < -0.4 is 4.74 Å². The zero-order valence-electron chi connectivity index (χ0n) is 15.9. The molecule has 0 amide bonds. The van der Waals surface area contributed by atoms with Gasteiger partial charge in [0.1, 0.15) is 0 Å². The molecule has 0 aliphatic heterocycles. The smallest absolute Gasteiger partial charge is 0.345 e. The van der Waals surface area contributed by atoms with Crippen molar-refractivity contribution in [2.24, 2.45) is 0 Å². The van der Waals surface area contributed by atoms with Crippen LogP contribution in [0.5, 0.6) is 5.95 Å². The number of carbonyl (C=O) groups is 1. The molecule has 2 aromatic carbocycles. The number of aromatic nitrogens is 1. The van der Waals surface area contributed by atoms with E-state index in [2.05, 4.69) is 12.1 Å². The highest BCUT2D eigenvalue weighted by Crippen LogP contribution is 2.38. The van der Waals surface area contributed by atoms with E-state index < -0.39 is 5.97 Å². The zero-order chi connectivity index (χ0) is 19.5. The predicted octanol–water partition coefficient (Wildman–Crippen LogP) is 4.95. The molecular formula is C23H21NO4. The fourth-order valence-corrected chi connectivity index (χ4v) is 3.45. The summed E-state index contributed by atoms with van der Waals surface area (Å²) in [6.45, 7) is 2.23. The minimum Gasteiger partial charge on any atom is -0.465 e. The highest BCUT2D eigenvalue weighted by atomic mass is 16.6. The molecule has 4 rings (SSSR count). The molecule has 5 nitrogen and oxygen atoms in total. The fraction of sp³-hybridized carbons (Fsp3) is 0.217. The van der Waals surface area contributed by atoms with E-state index in [1.54, 1.807) is 0 Å². The largest absolute Gasteiger partial charge is 0.465 e. The third-order valence-corrected chi connectivity index (χ3v) is 4.73. The van der Waals surface area contributed by atoms with Crippen LogP contribution in [-0.4, -0.2) is 24.7 Å². The van der Waals surface area contributed by atoms with Crippen LogP contribution in [0, 0.1) is 0 Å². The van der Waals surface area contributed by atoms with E-state index in [9.17, 15) is 4.79 Å². The molecule has 0 spiro atoms. The van der Waals surface area contributed by atoms with Gasteiger partial charge in [-0.15, -0.1) is 0 Å². The Hall–Kier alpha value is -3.34. The normalized spacial score (nSPS) is 11.1. The number of ether oxygens (including phenoxy) is 2. The highest BCUT2D eigenvalue weighted by molar-refractivity contribution is 6.16. The van der Waals surface area contributed by atoms with Gasteiger partial charge in [-0.1, -0.05) is 48.5 Å². The van der Waals surface area contributed by atoms with Crippen molar-refractivity contribution in [1.29, 1.82) is 0 Å². The van der Waals surface area contributed by atoms with Crippen LogP contribution in [0.2, 0.25) is 0 Å². The first-order valence-electron chi connectivity index (χ1n) is 9.32. The van der Waals surface area contributed by atoms with Gasteiger partial charge in [-0.2, -0.15) is 0 Å². The van der Waals surface area contributed by atoms with Crippen molar-refractivity contribution in [2.45, 2.75) is 19.8 Å². The van der Waals surface area contributed by atoms with Crippen molar-refractivity contribution in [1.82, 2.24) is 4.98 Å². The van der Waals surface area contributed by atoms with Crippen LogP contribution >= 0.6 is 0 Å². The topological polar surface area (TPSA) is 61.6 Å². The lowest BCUT2D eigenvalue weighted by Crippen LogP contribution is -2.04. The highest BCUT2D eigenvalue weighted by Gasteiger charge is 2.27. The average molecular weight is 375 g/mol. The molecule has 0 atom stereocenters. The Morgan fingerprint density at radius 2 is 1.79 bits per heavy atom. The molecule has 2 aromatic heterocycles. The molecule has 0 N–H and O–H groups in total. The van der Waals surface area contributed by atoms with E-state index in [-0.39, 0.29) is 5.95 Å². The molecule has 0 radical (unpaired) electrons. The van der Waals surface area contributed by atoms with Crippen molar-refractivity contribution in [3.05, 3.63) is 71.4 Å². The molecule has 142 valence electrons. The van der Waals surface area contributed by atoms with E-state index in [1.165, 1.54) is 12.7 Å². The number of hydrogen-bond donors (Lipinski definition) is 0. The van der Waals surface area contributed by atoms with E-state index in [1.807, 2.05) is 49.4 Å². The van der Waals surface area contributed by atoms with E-state index in [0.29, 0.717) is 29.6 Å². The van der Waals surface area contributed by atoms with Crippen molar-refractivity contribution in [2.75, 3.05) is 13.7 Å². The van der Waals surface area contributed by atoms with Gasteiger partial charge in [0.25, 0.3) is 0 Å². The zero-order valence-corrected chi connectivity index (χ0v) is 15.9. The number of benzene rings is 2. The lowest BCUT2D eigenvalue weighted by atomic mass is 10.0. The number of esters is 1. The monoisotopic (exact) mass is 375 g/mol. The lowest BCUT2D eigenvalue weighted by molar-refractivity contribution is 0.0595. The molecule has 5 heteroatoms. The van der Waals surface area contributed by atoms with Gasteiger partial charge < -0.3 is 13.9 Å². The number of para-hydroxylation sites is 1. The molecule has 0 saturated carbocycles. The summed E-state index contributed by atoms with van der Waals surface area (Å²) in [6, 6.07) is 17.9. The van der Waals surface area contributed by atoms with Gasteiger partial charge in [0.2, 0.25) is 0 Å². The molecule has 0 bridgehead atoms. The Labute approximate surface area is 162 Å². The molecule has 0 unspecified atom stereocenters. The van der Waals surface area contributed by atoms with Gasteiger partial charge in [-0.05, 0) is 31.4 Å². The van der Waals surface area contributed by atoms with Crippen molar-refractivity contribution >= 4 is 27.8 Å². The minimum atomic E-state index is -0.479. The number of carbonyl (C=O) groups excluding carboxylic acids is 1. The summed E-state index contributed by atoms with van der Waals surface area (Å²) in [7, 11) is 1.36.